The first-order valence-electron chi connectivity index (χ1n) is 6.20. The predicted molar refractivity (Wildman–Crippen MR) is 67.1 cm³/mol. The number of benzene rings is 1. The van der Waals surface area contributed by atoms with E-state index in [0.717, 1.165) is 18.4 Å². The van der Waals surface area contributed by atoms with Crippen molar-refractivity contribution in [2.45, 2.75) is 25.9 Å². The van der Waals surface area contributed by atoms with Crippen LogP contribution < -0.4 is 0 Å². The molecule has 3 nitrogen and oxygen atoms in total. The van der Waals surface area contributed by atoms with Crippen molar-refractivity contribution in [3.63, 3.8) is 0 Å². The molecule has 0 atom stereocenters. The maximum atomic E-state index is 13.6. The van der Waals surface area contributed by atoms with Gasteiger partial charge in [0.15, 0.2) is 0 Å². The molecule has 98 valence electrons. The van der Waals surface area contributed by atoms with Crippen molar-refractivity contribution >= 4 is 5.91 Å². The summed E-state index contributed by atoms with van der Waals surface area (Å²) in [7, 11) is 1.68. The van der Waals surface area contributed by atoms with Gasteiger partial charge in [-0.1, -0.05) is 11.6 Å². The van der Waals surface area contributed by atoms with Crippen LogP contribution in [0.15, 0.2) is 18.2 Å². The number of carbonyl (C=O) groups excluding carboxylic acids is 1. The number of amides is 1. The molecule has 0 N–H and O–H groups in total. The molecule has 4 heteroatoms. The first kappa shape index (κ1) is 13.0. The van der Waals surface area contributed by atoms with E-state index in [1.54, 1.807) is 24.1 Å². The number of aryl methyl sites for hydroxylation is 1. The summed E-state index contributed by atoms with van der Waals surface area (Å²) in [6.45, 7) is 3.11. The van der Waals surface area contributed by atoms with Crippen molar-refractivity contribution in [2.75, 3.05) is 20.2 Å². The molecule has 1 heterocycles. The molecule has 1 aliphatic rings. The van der Waals surface area contributed by atoms with Gasteiger partial charge < -0.3 is 9.64 Å². The Bertz CT molecular complexity index is 439. The average molecular weight is 251 g/mol. The van der Waals surface area contributed by atoms with Crippen molar-refractivity contribution in [1.82, 2.24) is 4.90 Å². The molecule has 0 bridgehead atoms. The number of piperidine rings is 1. The molecule has 1 fully saturated rings. The minimum atomic E-state index is -0.445. The Balaban J connectivity index is 2.10. The minimum absolute atomic E-state index is 0.172. The van der Waals surface area contributed by atoms with Crippen LogP contribution in [0.5, 0.6) is 0 Å². The smallest absolute Gasteiger partial charge is 0.256 e. The van der Waals surface area contributed by atoms with Gasteiger partial charge >= 0.3 is 0 Å². The molecule has 1 saturated heterocycles. The Hall–Kier alpha value is -1.42. The number of halogens is 1. The van der Waals surface area contributed by atoms with E-state index in [9.17, 15) is 9.18 Å². The number of rotatable bonds is 2. The van der Waals surface area contributed by atoms with Gasteiger partial charge in [0.25, 0.3) is 5.91 Å². The Morgan fingerprint density at radius 3 is 2.67 bits per heavy atom. The highest BCUT2D eigenvalue weighted by Crippen LogP contribution is 2.18. The second-order valence-electron chi connectivity index (χ2n) is 4.71. The Kier molecular flexibility index (Phi) is 3.97. The number of carbonyl (C=O) groups is 1. The van der Waals surface area contributed by atoms with Crippen molar-refractivity contribution in [2.24, 2.45) is 0 Å². The fourth-order valence-corrected chi connectivity index (χ4v) is 2.27. The van der Waals surface area contributed by atoms with E-state index in [0.29, 0.717) is 13.1 Å². The van der Waals surface area contributed by atoms with E-state index in [-0.39, 0.29) is 17.6 Å². The summed E-state index contributed by atoms with van der Waals surface area (Å²) >= 11 is 0. The van der Waals surface area contributed by atoms with Crippen molar-refractivity contribution in [1.29, 1.82) is 0 Å². The van der Waals surface area contributed by atoms with Crippen molar-refractivity contribution in [3.05, 3.63) is 35.1 Å². The second-order valence-corrected chi connectivity index (χ2v) is 4.71. The largest absolute Gasteiger partial charge is 0.381 e. The lowest BCUT2D eigenvalue weighted by Crippen LogP contribution is -2.40. The molecular weight excluding hydrogens is 233 g/mol. The molecular formula is C14H18FNO2. The average Bonchev–Trinajstić information content (AvgIpc) is 2.41. The molecule has 0 unspecified atom stereocenters. The van der Waals surface area contributed by atoms with E-state index in [4.69, 9.17) is 4.74 Å². The summed E-state index contributed by atoms with van der Waals surface area (Å²) in [6.07, 6.45) is 1.85. The second kappa shape index (κ2) is 5.48. The maximum absolute atomic E-state index is 13.6. The van der Waals surface area contributed by atoms with Crippen LogP contribution >= 0.6 is 0 Å². The molecule has 1 aromatic carbocycles. The van der Waals surface area contributed by atoms with E-state index in [2.05, 4.69) is 0 Å². The van der Waals surface area contributed by atoms with Crippen LogP contribution in [-0.4, -0.2) is 37.1 Å². The van der Waals surface area contributed by atoms with Gasteiger partial charge in [-0.25, -0.2) is 4.39 Å². The Morgan fingerprint density at radius 1 is 1.39 bits per heavy atom. The van der Waals surface area contributed by atoms with Gasteiger partial charge in [-0.3, -0.25) is 4.79 Å². The van der Waals surface area contributed by atoms with Gasteiger partial charge in [-0.2, -0.15) is 0 Å². The van der Waals surface area contributed by atoms with Gasteiger partial charge in [0.1, 0.15) is 5.82 Å². The number of hydrogen-bond donors (Lipinski definition) is 0. The fraction of sp³-hybridized carbons (Fsp3) is 0.500. The van der Waals surface area contributed by atoms with Crippen LogP contribution in [0.1, 0.15) is 28.8 Å². The lowest BCUT2D eigenvalue weighted by atomic mass is 10.1. The van der Waals surface area contributed by atoms with E-state index in [1.807, 2.05) is 6.92 Å². The maximum Gasteiger partial charge on any atom is 0.256 e. The lowest BCUT2D eigenvalue weighted by Gasteiger charge is -2.31. The molecule has 1 aliphatic heterocycles. The molecule has 1 amide bonds. The first-order chi connectivity index (χ1) is 8.61. The zero-order valence-corrected chi connectivity index (χ0v) is 10.8. The minimum Gasteiger partial charge on any atom is -0.381 e. The Morgan fingerprint density at radius 2 is 2.06 bits per heavy atom. The number of likely N-dealkylation sites (tertiary alicyclic amines) is 1. The zero-order chi connectivity index (χ0) is 13.1. The van der Waals surface area contributed by atoms with Gasteiger partial charge in [0.05, 0.1) is 11.7 Å². The van der Waals surface area contributed by atoms with Crippen molar-refractivity contribution < 1.29 is 13.9 Å². The fourth-order valence-electron chi connectivity index (χ4n) is 2.27. The number of hydrogen-bond acceptors (Lipinski definition) is 2. The van der Waals surface area contributed by atoms with Crippen LogP contribution in [0.3, 0.4) is 0 Å². The van der Waals surface area contributed by atoms with E-state index < -0.39 is 5.82 Å². The number of methoxy groups -OCH3 is 1. The first-order valence-corrected chi connectivity index (χ1v) is 6.20. The van der Waals surface area contributed by atoms with Gasteiger partial charge in [-0.05, 0) is 31.9 Å². The van der Waals surface area contributed by atoms with Crippen LogP contribution in [0.25, 0.3) is 0 Å². The van der Waals surface area contributed by atoms with Gasteiger partial charge in [0.2, 0.25) is 0 Å². The molecule has 0 spiro atoms. The van der Waals surface area contributed by atoms with Crippen LogP contribution in [0.2, 0.25) is 0 Å². The topological polar surface area (TPSA) is 29.5 Å². The van der Waals surface area contributed by atoms with Gasteiger partial charge in [0, 0.05) is 20.2 Å². The van der Waals surface area contributed by atoms with E-state index in [1.165, 1.54) is 6.07 Å². The molecule has 2 rings (SSSR count). The Labute approximate surface area is 107 Å². The summed E-state index contributed by atoms with van der Waals surface area (Å²) < 4.78 is 18.9. The zero-order valence-electron chi connectivity index (χ0n) is 10.8. The SMILES string of the molecule is COC1CCN(C(=O)c2cc(C)ccc2F)CC1. The molecule has 0 aromatic heterocycles. The molecule has 0 radical (unpaired) electrons. The quantitative estimate of drug-likeness (QED) is 0.807. The van der Waals surface area contributed by atoms with Crippen LogP contribution in [-0.2, 0) is 4.74 Å². The highest BCUT2D eigenvalue weighted by atomic mass is 19.1. The summed E-state index contributed by atoms with van der Waals surface area (Å²) in [5.41, 5.74) is 1.07. The van der Waals surface area contributed by atoms with Crippen LogP contribution in [0, 0.1) is 12.7 Å². The highest BCUT2D eigenvalue weighted by Gasteiger charge is 2.25. The summed E-state index contributed by atoms with van der Waals surface area (Å²) in [4.78, 5) is 13.9. The van der Waals surface area contributed by atoms with E-state index >= 15 is 0 Å². The van der Waals surface area contributed by atoms with Crippen LogP contribution in [0.4, 0.5) is 4.39 Å². The monoisotopic (exact) mass is 251 g/mol. The lowest BCUT2D eigenvalue weighted by molar-refractivity contribution is 0.0348. The third-order valence-corrected chi connectivity index (χ3v) is 3.41. The third-order valence-electron chi connectivity index (χ3n) is 3.41. The molecule has 18 heavy (non-hydrogen) atoms. The normalized spacial score (nSPS) is 16.9. The third kappa shape index (κ3) is 2.70. The highest BCUT2D eigenvalue weighted by molar-refractivity contribution is 5.94. The standard InChI is InChI=1S/C14H18FNO2/c1-10-3-4-13(15)12(9-10)14(17)16-7-5-11(18-2)6-8-16/h3-4,9,11H,5-8H2,1-2H3. The number of ether oxygens (including phenoxy) is 1. The summed E-state index contributed by atoms with van der Waals surface area (Å²) in [5.74, 6) is -0.662. The molecule has 0 saturated carbocycles. The molecule has 0 aliphatic carbocycles. The molecule has 1 aromatic rings. The summed E-state index contributed by atoms with van der Waals surface area (Å²) in [5, 5.41) is 0. The van der Waals surface area contributed by atoms with Crippen molar-refractivity contribution in [3.8, 4) is 0 Å². The number of nitrogens with zero attached hydrogens (tertiary/aromatic N) is 1. The summed E-state index contributed by atoms with van der Waals surface area (Å²) in [6, 6.07) is 4.63. The van der Waals surface area contributed by atoms with Gasteiger partial charge in [-0.15, -0.1) is 0 Å². The predicted octanol–water partition coefficient (Wildman–Crippen LogP) is 2.39.